The molecule has 0 radical (unpaired) electrons. The first kappa shape index (κ1) is 13.1. The van der Waals surface area contributed by atoms with Gasteiger partial charge in [-0.15, -0.1) is 0 Å². The Morgan fingerprint density at radius 2 is 2.06 bits per heavy atom. The molecule has 1 saturated carbocycles. The van der Waals surface area contributed by atoms with Crippen molar-refractivity contribution in [3.63, 3.8) is 0 Å². The molecule has 17 heavy (non-hydrogen) atoms. The summed E-state index contributed by atoms with van der Waals surface area (Å²) >= 11 is 2.37. The standard InChI is InChI=1S/C13H20IN3/c1-3-6-10-11(14)13(15-4-2)17-12(16-10)9-7-5-8-9/h9H,3-8H2,1-2H3,(H,15,16,17). The first-order valence-corrected chi connectivity index (χ1v) is 7.64. The summed E-state index contributed by atoms with van der Waals surface area (Å²) in [5.41, 5.74) is 1.22. The fraction of sp³-hybridized carbons (Fsp3) is 0.692. The average Bonchev–Trinajstić information content (AvgIpc) is 2.23. The lowest BCUT2D eigenvalue weighted by Gasteiger charge is -2.25. The van der Waals surface area contributed by atoms with Crippen LogP contribution in [0.4, 0.5) is 5.82 Å². The Labute approximate surface area is 117 Å². The summed E-state index contributed by atoms with van der Waals surface area (Å²) < 4.78 is 1.20. The van der Waals surface area contributed by atoms with Crippen LogP contribution in [0.3, 0.4) is 0 Å². The minimum absolute atomic E-state index is 0.611. The highest BCUT2D eigenvalue weighted by atomic mass is 127. The van der Waals surface area contributed by atoms with E-state index in [0.717, 1.165) is 31.0 Å². The van der Waals surface area contributed by atoms with Crippen molar-refractivity contribution in [1.82, 2.24) is 9.97 Å². The molecule has 1 aromatic heterocycles. The molecule has 0 spiro atoms. The van der Waals surface area contributed by atoms with Crippen LogP contribution in [0.2, 0.25) is 0 Å². The molecular formula is C13H20IN3. The summed E-state index contributed by atoms with van der Waals surface area (Å²) in [7, 11) is 0. The van der Waals surface area contributed by atoms with E-state index in [-0.39, 0.29) is 0 Å². The molecule has 1 aromatic rings. The van der Waals surface area contributed by atoms with Gasteiger partial charge in [0.2, 0.25) is 0 Å². The van der Waals surface area contributed by atoms with E-state index in [0.29, 0.717) is 5.92 Å². The maximum atomic E-state index is 4.77. The smallest absolute Gasteiger partial charge is 0.143 e. The zero-order valence-electron chi connectivity index (χ0n) is 10.6. The van der Waals surface area contributed by atoms with Gasteiger partial charge in [-0.25, -0.2) is 9.97 Å². The van der Waals surface area contributed by atoms with Crippen LogP contribution >= 0.6 is 22.6 Å². The number of anilines is 1. The topological polar surface area (TPSA) is 37.8 Å². The Kier molecular flexibility index (Phi) is 4.59. The van der Waals surface area contributed by atoms with E-state index in [4.69, 9.17) is 9.97 Å². The van der Waals surface area contributed by atoms with E-state index in [2.05, 4.69) is 41.8 Å². The number of hydrogen-bond donors (Lipinski definition) is 1. The minimum atomic E-state index is 0.611. The van der Waals surface area contributed by atoms with Crippen molar-refractivity contribution in [3.05, 3.63) is 15.1 Å². The van der Waals surface area contributed by atoms with E-state index in [1.54, 1.807) is 0 Å². The first-order valence-electron chi connectivity index (χ1n) is 6.56. The van der Waals surface area contributed by atoms with Crippen molar-refractivity contribution in [2.75, 3.05) is 11.9 Å². The molecule has 1 aliphatic rings. The van der Waals surface area contributed by atoms with E-state index in [1.807, 2.05) is 0 Å². The Balaban J connectivity index is 2.32. The van der Waals surface area contributed by atoms with Gasteiger partial charge in [-0.1, -0.05) is 19.8 Å². The van der Waals surface area contributed by atoms with Gasteiger partial charge in [0.1, 0.15) is 11.6 Å². The van der Waals surface area contributed by atoms with Crippen molar-refractivity contribution in [3.8, 4) is 0 Å². The number of halogens is 1. The summed E-state index contributed by atoms with van der Waals surface area (Å²) in [6, 6.07) is 0. The van der Waals surface area contributed by atoms with Gasteiger partial charge in [0.15, 0.2) is 0 Å². The van der Waals surface area contributed by atoms with E-state index >= 15 is 0 Å². The van der Waals surface area contributed by atoms with Gasteiger partial charge in [0.25, 0.3) is 0 Å². The molecule has 0 amide bonds. The normalized spacial score (nSPS) is 15.7. The van der Waals surface area contributed by atoms with Crippen LogP contribution in [-0.2, 0) is 6.42 Å². The van der Waals surface area contributed by atoms with Crippen molar-refractivity contribution in [2.45, 2.75) is 51.9 Å². The van der Waals surface area contributed by atoms with Crippen LogP contribution in [0.5, 0.6) is 0 Å². The van der Waals surface area contributed by atoms with Crippen molar-refractivity contribution in [1.29, 1.82) is 0 Å². The molecule has 0 saturated heterocycles. The number of aromatic nitrogens is 2. The van der Waals surface area contributed by atoms with E-state index in [1.165, 1.54) is 28.5 Å². The number of hydrogen-bond acceptors (Lipinski definition) is 3. The predicted molar refractivity (Wildman–Crippen MR) is 79.5 cm³/mol. The highest BCUT2D eigenvalue weighted by molar-refractivity contribution is 14.1. The van der Waals surface area contributed by atoms with Crippen LogP contribution in [0.15, 0.2) is 0 Å². The van der Waals surface area contributed by atoms with Crippen LogP contribution in [0.25, 0.3) is 0 Å². The van der Waals surface area contributed by atoms with Gasteiger partial charge in [-0.05, 0) is 48.8 Å². The number of aryl methyl sites for hydroxylation is 1. The summed E-state index contributed by atoms with van der Waals surface area (Å²) in [6.07, 6.45) is 6.05. The fourth-order valence-corrected chi connectivity index (χ4v) is 2.75. The summed E-state index contributed by atoms with van der Waals surface area (Å²) in [6.45, 7) is 5.23. The van der Waals surface area contributed by atoms with Crippen LogP contribution in [0, 0.1) is 3.57 Å². The molecular weight excluding hydrogens is 325 g/mol. The molecule has 3 nitrogen and oxygen atoms in total. The minimum Gasteiger partial charge on any atom is -0.369 e. The summed E-state index contributed by atoms with van der Waals surface area (Å²) in [5.74, 6) is 2.71. The Morgan fingerprint density at radius 1 is 1.29 bits per heavy atom. The second kappa shape index (κ2) is 5.98. The molecule has 0 atom stereocenters. The van der Waals surface area contributed by atoms with Gasteiger partial charge >= 0.3 is 0 Å². The number of nitrogens with one attached hydrogen (secondary N) is 1. The fourth-order valence-electron chi connectivity index (χ4n) is 2.05. The lowest BCUT2D eigenvalue weighted by molar-refractivity contribution is 0.400. The second-order valence-electron chi connectivity index (χ2n) is 4.60. The zero-order chi connectivity index (χ0) is 12.3. The molecule has 0 bridgehead atoms. The molecule has 2 rings (SSSR count). The van der Waals surface area contributed by atoms with E-state index in [9.17, 15) is 0 Å². The molecule has 4 heteroatoms. The number of nitrogens with zero attached hydrogens (tertiary/aromatic N) is 2. The first-order chi connectivity index (χ1) is 8.26. The molecule has 1 heterocycles. The monoisotopic (exact) mass is 345 g/mol. The molecule has 1 N–H and O–H groups in total. The third-order valence-electron chi connectivity index (χ3n) is 3.24. The molecule has 94 valence electrons. The predicted octanol–water partition coefficient (Wildman–Crippen LogP) is 3.73. The lowest BCUT2D eigenvalue weighted by Crippen LogP contribution is -2.16. The van der Waals surface area contributed by atoms with Gasteiger partial charge in [0, 0.05) is 12.5 Å². The maximum absolute atomic E-state index is 4.77. The largest absolute Gasteiger partial charge is 0.369 e. The van der Waals surface area contributed by atoms with Gasteiger partial charge in [0.05, 0.1) is 9.26 Å². The molecule has 0 aromatic carbocycles. The number of rotatable bonds is 5. The quantitative estimate of drug-likeness (QED) is 0.827. The van der Waals surface area contributed by atoms with Crippen molar-refractivity contribution >= 4 is 28.4 Å². The Hall–Kier alpha value is -0.390. The molecule has 0 aliphatic heterocycles. The zero-order valence-corrected chi connectivity index (χ0v) is 12.7. The van der Waals surface area contributed by atoms with Crippen molar-refractivity contribution < 1.29 is 0 Å². The SMILES string of the molecule is CCCc1nc(C2CCC2)nc(NCC)c1I. The molecule has 1 fully saturated rings. The third-order valence-corrected chi connectivity index (χ3v) is 4.37. The maximum Gasteiger partial charge on any atom is 0.143 e. The van der Waals surface area contributed by atoms with Crippen LogP contribution < -0.4 is 5.32 Å². The Bertz CT molecular complexity index is 361. The highest BCUT2D eigenvalue weighted by Crippen LogP contribution is 2.35. The highest BCUT2D eigenvalue weighted by Gasteiger charge is 2.24. The lowest BCUT2D eigenvalue weighted by atomic mass is 9.85. The van der Waals surface area contributed by atoms with E-state index < -0.39 is 0 Å². The second-order valence-corrected chi connectivity index (χ2v) is 5.68. The average molecular weight is 345 g/mol. The Morgan fingerprint density at radius 3 is 2.59 bits per heavy atom. The van der Waals surface area contributed by atoms with Gasteiger partial charge in [-0.3, -0.25) is 0 Å². The van der Waals surface area contributed by atoms with Gasteiger partial charge in [-0.2, -0.15) is 0 Å². The molecule has 0 unspecified atom stereocenters. The van der Waals surface area contributed by atoms with Crippen molar-refractivity contribution in [2.24, 2.45) is 0 Å². The molecule has 1 aliphatic carbocycles. The summed E-state index contributed by atoms with van der Waals surface area (Å²) in [5, 5.41) is 3.36. The van der Waals surface area contributed by atoms with Crippen LogP contribution in [-0.4, -0.2) is 16.5 Å². The third kappa shape index (κ3) is 2.89. The van der Waals surface area contributed by atoms with Crippen LogP contribution in [0.1, 0.15) is 57.0 Å². The summed E-state index contributed by atoms with van der Waals surface area (Å²) in [4.78, 5) is 9.47. The van der Waals surface area contributed by atoms with Gasteiger partial charge < -0.3 is 5.32 Å².